The molecule has 0 aromatic carbocycles. The minimum absolute atomic E-state index is 0.168. The monoisotopic (exact) mass is 315 g/mol. The van der Waals surface area contributed by atoms with Gasteiger partial charge in [-0.3, -0.25) is 14.6 Å². The SMILES string of the molecule is O=C(O)C1CN(C(=O)c2cc[nH]c2)CCN(c2cnccn2)C1. The van der Waals surface area contributed by atoms with E-state index < -0.39 is 11.9 Å². The molecule has 1 atom stereocenters. The lowest BCUT2D eigenvalue weighted by atomic mass is 10.1. The Morgan fingerprint density at radius 3 is 2.78 bits per heavy atom. The molecule has 2 aromatic heterocycles. The quantitative estimate of drug-likeness (QED) is 0.853. The summed E-state index contributed by atoms with van der Waals surface area (Å²) in [6, 6.07) is 1.68. The number of aliphatic carboxylic acids is 1. The summed E-state index contributed by atoms with van der Waals surface area (Å²) < 4.78 is 0. The van der Waals surface area contributed by atoms with Crippen molar-refractivity contribution in [3.05, 3.63) is 42.6 Å². The van der Waals surface area contributed by atoms with E-state index in [1.807, 2.05) is 4.90 Å². The third-order valence-electron chi connectivity index (χ3n) is 3.88. The highest BCUT2D eigenvalue weighted by atomic mass is 16.4. The van der Waals surface area contributed by atoms with E-state index in [-0.39, 0.29) is 12.5 Å². The topological polar surface area (TPSA) is 102 Å². The molecule has 0 spiro atoms. The fourth-order valence-electron chi connectivity index (χ4n) is 2.66. The molecule has 23 heavy (non-hydrogen) atoms. The van der Waals surface area contributed by atoms with Gasteiger partial charge in [-0.15, -0.1) is 0 Å². The van der Waals surface area contributed by atoms with Crippen LogP contribution in [0.25, 0.3) is 0 Å². The zero-order chi connectivity index (χ0) is 16.2. The third kappa shape index (κ3) is 3.31. The Balaban J connectivity index is 1.81. The Morgan fingerprint density at radius 2 is 2.13 bits per heavy atom. The van der Waals surface area contributed by atoms with Gasteiger partial charge in [0.2, 0.25) is 0 Å². The number of anilines is 1. The van der Waals surface area contributed by atoms with Crippen LogP contribution in [0.3, 0.4) is 0 Å². The van der Waals surface area contributed by atoms with Gasteiger partial charge >= 0.3 is 5.97 Å². The van der Waals surface area contributed by atoms with Crippen LogP contribution in [0.15, 0.2) is 37.1 Å². The molecule has 1 amide bonds. The number of nitrogens with one attached hydrogen (secondary N) is 1. The first-order valence-corrected chi connectivity index (χ1v) is 7.31. The molecule has 8 nitrogen and oxygen atoms in total. The second kappa shape index (κ2) is 6.47. The Morgan fingerprint density at radius 1 is 1.26 bits per heavy atom. The summed E-state index contributed by atoms with van der Waals surface area (Å²) in [4.78, 5) is 38.5. The molecule has 1 aliphatic heterocycles. The molecule has 120 valence electrons. The van der Waals surface area contributed by atoms with E-state index in [4.69, 9.17) is 0 Å². The average Bonchev–Trinajstić information content (AvgIpc) is 3.00. The maximum Gasteiger partial charge on any atom is 0.310 e. The molecule has 1 aliphatic rings. The molecule has 1 unspecified atom stereocenters. The van der Waals surface area contributed by atoms with Gasteiger partial charge in [0.25, 0.3) is 5.91 Å². The van der Waals surface area contributed by atoms with Crippen LogP contribution in [0.5, 0.6) is 0 Å². The Kier molecular flexibility index (Phi) is 4.22. The number of carboxylic acid groups (broad SMARTS) is 1. The van der Waals surface area contributed by atoms with Gasteiger partial charge in [0.1, 0.15) is 5.82 Å². The van der Waals surface area contributed by atoms with Crippen molar-refractivity contribution in [1.82, 2.24) is 19.9 Å². The lowest BCUT2D eigenvalue weighted by Gasteiger charge is -2.22. The zero-order valence-electron chi connectivity index (χ0n) is 12.4. The number of rotatable bonds is 3. The van der Waals surface area contributed by atoms with Crippen LogP contribution in [0, 0.1) is 5.92 Å². The molecular formula is C15H17N5O3. The van der Waals surface area contributed by atoms with Crippen LogP contribution in [0.2, 0.25) is 0 Å². The number of carbonyl (C=O) groups is 2. The molecule has 2 N–H and O–H groups in total. The minimum Gasteiger partial charge on any atom is -0.481 e. The minimum atomic E-state index is -0.923. The smallest absolute Gasteiger partial charge is 0.310 e. The van der Waals surface area contributed by atoms with Crippen LogP contribution in [0.4, 0.5) is 5.82 Å². The van der Waals surface area contributed by atoms with Gasteiger partial charge in [0.15, 0.2) is 0 Å². The first-order chi connectivity index (χ1) is 11.1. The van der Waals surface area contributed by atoms with Crippen LogP contribution >= 0.6 is 0 Å². The van der Waals surface area contributed by atoms with E-state index in [1.54, 1.807) is 42.0 Å². The van der Waals surface area contributed by atoms with Gasteiger partial charge < -0.3 is 19.9 Å². The summed E-state index contributed by atoms with van der Waals surface area (Å²) >= 11 is 0. The second-order valence-electron chi connectivity index (χ2n) is 5.40. The van der Waals surface area contributed by atoms with Gasteiger partial charge in [-0.05, 0) is 6.07 Å². The van der Waals surface area contributed by atoms with Crippen LogP contribution < -0.4 is 4.90 Å². The van der Waals surface area contributed by atoms with E-state index >= 15 is 0 Å². The highest BCUT2D eigenvalue weighted by molar-refractivity contribution is 5.94. The summed E-state index contributed by atoms with van der Waals surface area (Å²) in [6.45, 7) is 1.42. The number of H-pyrrole nitrogens is 1. The van der Waals surface area contributed by atoms with Crippen LogP contribution in [-0.2, 0) is 4.79 Å². The zero-order valence-corrected chi connectivity index (χ0v) is 12.4. The fraction of sp³-hybridized carbons (Fsp3) is 0.333. The van der Waals surface area contributed by atoms with E-state index in [1.165, 1.54) is 0 Å². The van der Waals surface area contributed by atoms with Crippen molar-refractivity contribution in [2.45, 2.75) is 0 Å². The number of carbonyl (C=O) groups excluding carboxylic acids is 1. The van der Waals surface area contributed by atoms with E-state index in [2.05, 4.69) is 15.0 Å². The lowest BCUT2D eigenvalue weighted by Crippen LogP contribution is -2.38. The van der Waals surface area contributed by atoms with Crippen molar-refractivity contribution in [2.24, 2.45) is 5.92 Å². The molecule has 3 rings (SSSR count). The Hall–Kier alpha value is -2.90. The fourth-order valence-corrected chi connectivity index (χ4v) is 2.66. The summed E-state index contributed by atoms with van der Waals surface area (Å²) in [5, 5.41) is 9.45. The van der Waals surface area contributed by atoms with E-state index in [0.717, 1.165) is 0 Å². The predicted molar refractivity (Wildman–Crippen MR) is 82.1 cm³/mol. The van der Waals surface area contributed by atoms with Crippen LogP contribution in [0.1, 0.15) is 10.4 Å². The predicted octanol–water partition coefficient (Wildman–Crippen LogP) is 0.468. The number of hydrogen-bond acceptors (Lipinski definition) is 5. The average molecular weight is 315 g/mol. The first-order valence-electron chi connectivity index (χ1n) is 7.31. The standard InChI is InChI=1S/C15H17N5O3/c21-14(11-1-2-16-7-11)20-6-5-19(9-12(10-20)15(22)23)13-8-17-3-4-18-13/h1-4,7-8,12,16H,5-6,9-10H2,(H,22,23). The number of aromatic nitrogens is 3. The molecule has 0 radical (unpaired) electrons. The van der Waals surface area contributed by atoms with Crippen molar-refractivity contribution in [3.8, 4) is 0 Å². The van der Waals surface area contributed by atoms with Crippen LogP contribution in [-0.4, -0.2) is 63.0 Å². The van der Waals surface area contributed by atoms with Crippen molar-refractivity contribution in [3.63, 3.8) is 0 Å². The number of carboxylic acids is 1. The normalized spacial score (nSPS) is 18.5. The highest BCUT2D eigenvalue weighted by Gasteiger charge is 2.31. The third-order valence-corrected chi connectivity index (χ3v) is 3.88. The summed E-state index contributed by atoms with van der Waals surface area (Å²) in [5.41, 5.74) is 0.530. The number of aromatic amines is 1. The molecule has 3 heterocycles. The van der Waals surface area contributed by atoms with Crippen molar-refractivity contribution in [1.29, 1.82) is 0 Å². The Bertz CT molecular complexity index is 674. The molecular weight excluding hydrogens is 298 g/mol. The number of hydrogen-bond donors (Lipinski definition) is 2. The highest BCUT2D eigenvalue weighted by Crippen LogP contribution is 2.17. The van der Waals surface area contributed by atoms with Gasteiger partial charge in [0, 0.05) is 51.0 Å². The second-order valence-corrected chi connectivity index (χ2v) is 5.40. The lowest BCUT2D eigenvalue weighted by molar-refractivity contribution is -0.141. The molecule has 1 saturated heterocycles. The van der Waals surface area contributed by atoms with Crippen molar-refractivity contribution < 1.29 is 14.7 Å². The number of nitrogens with zero attached hydrogens (tertiary/aromatic N) is 4. The molecule has 1 fully saturated rings. The van der Waals surface area contributed by atoms with Crippen molar-refractivity contribution in [2.75, 3.05) is 31.1 Å². The molecule has 2 aromatic rings. The number of amides is 1. The van der Waals surface area contributed by atoms with Gasteiger partial charge in [-0.25, -0.2) is 4.98 Å². The van der Waals surface area contributed by atoms with Gasteiger partial charge in [-0.2, -0.15) is 0 Å². The maximum atomic E-state index is 12.5. The first kappa shape index (κ1) is 15.0. The van der Waals surface area contributed by atoms with E-state index in [9.17, 15) is 14.7 Å². The largest absolute Gasteiger partial charge is 0.481 e. The van der Waals surface area contributed by atoms with Gasteiger partial charge in [0.05, 0.1) is 17.7 Å². The summed E-state index contributed by atoms with van der Waals surface area (Å²) in [6.07, 6.45) is 8.02. The maximum absolute atomic E-state index is 12.5. The molecule has 8 heteroatoms. The van der Waals surface area contributed by atoms with Crippen molar-refractivity contribution >= 4 is 17.7 Å². The van der Waals surface area contributed by atoms with E-state index in [0.29, 0.717) is 31.0 Å². The Labute approximate surface area is 132 Å². The molecule has 0 saturated carbocycles. The summed E-state index contributed by atoms with van der Waals surface area (Å²) in [5.74, 6) is -1.15. The molecule has 0 bridgehead atoms. The molecule has 0 aliphatic carbocycles. The van der Waals surface area contributed by atoms with Gasteiger partial charge in [-0.1, -0.05) is 0 Å². The summed E-state index contributed by atoms with van der Waals surface area (Å²) in [7, 11) is 0.